The Bertz CT molecular complexity index is 730. The van der Waals surface area contributed by atoms with Gasteiger partial charge < -0.3 is 40.7 Å². The zero-order valence-electron chi connectivity index (χ0n) is 21.3. The van der Waals surface area contributed by atoms with Gasteiger partial charge in [-0.2, -0.15) is 10.4 Å². The third kappa shape index (κ3) is 13.0. The predicted octanol–water partition coefficient (Wildman–Crippen LogP) is 1.86. The van der Waals surface area contributed by atoms with Crippen molar-refractivity contribution in [3.8, 4) is 23.0 Å². The van der Waals surface area contributed by atoms with Gasteiger partial charge in [-0.05, 0) is 12.1 Å². The zero-order chi connectivity index (χ0) is 25.4. The summed E-state index contributed by atoms with van der Waals surface area (Å²) in [5, 5.41) is 2.20. The van der Waals surface area contributed by atoms with Crippen LogP contribution in [0.5, 0.6) is 23.0 Å². The zero-order valence-corrected chi connectivity index (χ0v) is 25.3. The number of hydrogen-bond acceptors (Lipinski definition) is 5. The van der Waals surface area contributed by atoms with Crippen LogP contribution in [-0.2, 0) is 12.2 Å². The maximum absolute atomic E-state index is 5.44. The molecule has 0 saturated heterocycles. The van der Waals surface area contributed by atoms with Gasteiger partial charge in [-0.25, -0.2) is 0 Å². The molecule has 0 bridgehead atoms. The summed E-state index contributed by atoms with van der Waals surface area (Å²) in [6.07, 6.45) is 0. The molecule has 0 unspecified atom stereocenters. The van der Waals surface area contributed by atoms with E-state index in [1.165, 1.54) is 0 Å². The Kier molecular flexibility index (Phi) is 16.9. The summed E-state index contributed by atoms with van der Waals surface area (Å²) >= 11 is 0. The first-order valence-electron chi connectivity index (χ1n) is 9.88. The van der Waals surface area contributed by atoms with Crippen LogP contribution >= 0.6 is 0 Å². The number of methoxy groups -OCH3 is 4. The minimum atomic E-state index is -0.202. The van der Waals surface area contributed by atoms with Gasteiger partial charge in [0.1, 0.15) is 34.8 Å². The molecule has 11 heteroatoms. The van der Waals surface area contributed by atoms with Gasteiger partial charge in [-0.1, -0.05) is 12.1 Å². The Morgan fingerprint density at radius 3 is 1.36 bits per heavy atom. The van der Waals surface area contributed by atoms with Gasteiger partial charge in [0.05, 0.1) is 54.2 Å². The van der Waals surface area contributed by atoms with Crippen LogP contribution < -0.4 is 29.3 Å². The minimum absolute atomic E-state index is 0.202. The third-order valence-electron chi connectivity index (χ3n) is 4.11. The topological polar surface area (TPSA) is 51.6 Å². The molecule has 0 aliphatic heterocycles. The Labute approximate surface area is 209 Å². The summed E-state index contributed by atoms with van der Waals surface area (Å²) in [6, 6.07) is 11.7. The molecule has 0 aliphatic carbocycles. The molecule has 2 aromatic rings. The first-order chi connectivity index (χ1) is 15.6. The maximum atomic E-state index is 5.44. The standard InChI is InChI=1S/C16H18O4Si.C4H12OSi.C2H6O2Si2/c1-17-11-5-7-15(13(9-11)19-3)21-16-8-6-12(18-2)10-14(16)20-4;1-5(2)6(3)4;1-4(2)6-3-5/h5-10H,1-4H3;1-4H3;1-2H3/q-1;;+1. The van der Waals surface area contributed by atoms with Crippen molar-refractivity contribution in [1.29, 1.82) is 0 Å². The van der Waals surface area contributed by atoms with Crippen molar-refractivity contribution in [2.45, 2.75) is 13.1 Å². The molecule has 0 fully saturated rings. The van der Waals surface area contributed by atoms with Gasteiger partial charge in [0.15, 0.2) is 0 Å². The molecule has 0 atom stereocenters. The van der Waals surface area contributed by atoms with E-state index in [1.807, 2.05) is 64.8 Å². The first kappa shape index (κ1) is 31.4. The lowest BCUT2D eigenvalue weighted by atomic mass is 10.3. The van der Waals surface area contributed by atoms with Crippen molar-refractivity contribution < 1.29 is 31.2 Å². The second-order valence-corrected chi connectivity index (χ2v) is 12.7. The monoisotopic (exact) mass is 524 g/mol. The van der Waals surface area contributed by atoms with Crippen LogP contribution in [0.4, 0.5) is 0 Å². The number of hydrogen-bond donors (Lipinski definition) is 0. The van der Waals surface area contributed by atoms with Gasteiger partial charge in [0.25, 0.3) is 0 Å². The highest BCUT2D eigenvalue weighted by Crippen LogP contribution is 2.19. The highest BCUT2D eigenvalue weighted by Gasteiger charge is 2.02. The fourth-order valence-corrected chi connectivity index (χ4v) is 3.92. The van der Waals surface area contributed by atoms with Crippen molar-refractivity contribution in [2.24, 2.45) is 0 Å². The number of ether oxygens (including phenoxy) is 4. The van der Waals surface area contributed by atoms with E-state index < -0.39 is 0 Å². The molecule has 0 heterocycles. The average molecular weight is 525 g/mol. The summed E-state index contributed by atoms with van der Waals surface area (Å²) < 4.78 is 31.3. The molecule has 7 nitrogen and oxygen atoms in total. The van der Waals surface area contributed by atoms with Crippen molar-refractivity contribution in [2.75, 3.05) is 56.9 Å². The molecule has 2 aromatic carbocycles. The molecule has 0 spiro atoms. The quantitative estimate of drug-likeness (QED) is 0.370. The maximum Gasteiger partial charge on any atom is 0.749 e. The Balaban J connectivity index is 0.000000705. The molecule has 0 saturated carbocycles. The second kappa shape index (κ2) is 17.8. The van der Waals surface area contributed by atoms with Crippen molar-refractivity contribution >= 4 is 49.4 Å². The lowest BCUT2D eigenvalue weighted by Crippen LogP contribution is -2.29. The van der Waals surface area contributed by atoms with E-state index in [0.717, 1.165) is 33.4 Å². The van der Waals surface area contributed by atoms with Crippen molar-refractivity contribution in [1.82, 2.24) is 0 Å². The number of rotatable bonds is 9. The van der Waals surface area contributed by atoms with Crippen LogP contribution in [0.3, 0.4) is 0 Å². The molecule has 33 heavy (non-hydrogen) atoms. The fourth-order valence-electron chi connectivity index (χ4n) is 2.03. The summed E-state index contributed by atoms with van der Waals surface area (Å²) in [5.74, 6) is 3.18. The van der Waals surface area contributed by atoms with E-state index in [9.17, 15) is 0 Å². The summed E-state index contributed by atoms with van der Waals surface area (Å²) in [5.41, 5.74) is 0. The van der Waals surface area contributed by atoms with Gasteiger partial charge in [0, 0.05) is 12.1 Å². The summed E-state index contributed by atoms with van der Waals surface area (Å²) in [4.78, 5) is 0. The van der Waals surface area contributed by atoms with Gasteiger partial charge in [-0.3, -0.25) is 0 Å². The van der Waals surface area contributed by atoms with Gasteiger partial charge in [-0.15, -0.1) is 13.1 Å². The lowest BCUT2D eigenvalue weighted by molar-refractivity contribution is 0.104. The van der Waals surface area contributed by atoms with E-state index >= 15 is 0 Å². The SMILES string of the molecule is COc1ccc([Si-]c2ccc(OC)cc2OC)c(OC)c1.C[O+](C)[Si-](C)C.C[O+](C)[Si]O[Si]. The smallest absolute Gasteiger partial charge is 0.671 e. The van der Waals surface area contributed by atoms with E-state index in [0.29, 0.717) is 19.5 Å². The molecule has 2 rings (SSSR count). The average Bonchev–Trinajstić information content (AvgIpc) is 2.80. The minimum Gasteiger partial charge on any atom is -0.671 e. The van der Waals surface area contributed by atoms with Crippen LogP contribution in [0, 0.1) is 0 Å². The molecular formula is C22H36O7Si4. The number of benzene rings is 2. The molecule has 0 N–H and O–H groups in total. The Morgan fingerprint density at radius 2 is 1.15 bits per heavy atom. The van der Waals surface area contributed by atoms with Crippen LogP contribution in [-0.4, -0.2) is 95.9 Å². The largest absolute Gasteiger partial charge is 0.749 e. The van der Waals surface area contributed by atoms with E-state index in [2.05, 4.69) is 35.8 Å². The molecule has 0 aromatic heterocycles. The van der Waals surface area contributed by atoms with E-state index in [1.54, 1.807) is 28.4 Å². The van der Waals surface area contributed by atoms with Gasteiger partial charge >= 0.3 is 10.0 Å². The lowest BCUT2D eigenvalue weighted by Gasteiger charge is -2.25. The highest BCUT2D eigenvalue weighted by atomic mass is 28.3. The van der Waals surface area contributed by atoms with Crippen LogP contribution in [0.1, 0.15) is 0 Å². The van der Waals surface area contributed by atoms with E-state index in [-0.39, 0.29) is 9.04 Å². The summed E-state index contributed by atoms with van der Waals surface area (Å²) in [7, 11) is 17.8. The van der Waals surface area contributed by atoms with Crippen LogP contribution in [0.25, 0.3) is 0 Å². The Hall–Kier alpha value is -1.61. The third-order valence-corrected chi connectivity index (χ3v) is 7.78. The van der Waals surface area contributed by atoms with Gasteiger partial charge in [0.2, 0.25) is 10.5 Å². The summed E-state index contributed by atoms with van der Waals surface area (Å²) in [6.45, 7) is 4.46. The fraction of sp³-hybridized carbons (Fsp3) is 0.455. The van der Waals surface area contributed by atoms with Crippen molar-refractivity contribution in [3.05, 3.63) is 36.4 Å². The van der Waals surface area contributed by atoms with E-state index in [4.69, 9.17) is 18.9 Å². The molecule has 182 valence electrons. The second-order valence-electron chi connectivity index (χ2n) is 6.98. The molecule has 0 amide bonds. The normalized spacial score (nSPS) is 10.1. The van der Waals surface area contributed by atoms with Crippen LogP contribution in [0.15, 0.2) is 36.4 Å². The molecule has 0 aliphatic rings. The van der Waals surface area contributed by atoms with Crippen molar-refractivity contribution in [3.63, 3.8) is 0 Å². The molecule has 6 radical (unpaired) electrons. The highest BCUT2D eigenvalue weighted by molar-refractivity contribution is 6.69. The van der Waals surface area contributed by atoms with Crippen LogP contribution in [0.2, 0.25) is 13.1 Å². The molecular weight excluding hydrogens is 489 g/mol. The predicted molar refractivity (Wildman–Crippen MR) is 140 cm³/mol. The first-order valence-corrected chi connectivity index (χ1v) is 14.5. The Morgan fingerprint density at radius 1 is 0.758 bits per heavy atom.